The lowest BCUT2D eigenvalue weighted by Crippen LogP contribution is -2.39. The van der Waals surface area contributed by atoms with E-state index in [9.17, 15) is 0 Å². The second-order valence-corrected chi connectivity index (χ2v) is 6.42. The fourth-order valence-electron chi connectivity index (χ4n) is 3.25. The summed E-state index contributed by atoms with van der Waals surface area (Å²) < 4.78 is 5.19. The zero-order chi connectivity index (χ0) is 14.4. The Labute approximate surface area is 123 Å². The maximum Gasteiger partial charge on any atom is 0.118 e. The van der Waals surface area contributed by atoms with Crippen molar-refractivity contribution in [3.8, 4) is 5.75 Å². The van der Waals surface area contributed by atoms with Crippen molar-refractivity contribution in [1.82, 2.24) is 5.32 Å². The van der Waals surface area contributed by atoms with Gasteiger partial charge in [-0.15, -0.1) is 0 Å². The van der Waals surface area contributed by atoms with Crippen molar-refractivity contribution in [2.45, 2.75) is 64.5 Å². The van der Waals surface area contributed by atoms with E-state index in [-0.39, 0.29) is 0 Å². The monoisotopic (exact) mass is 275 g/mol. The summed E-state index contributed by atoms with van der Waals surface area (Å²) in [7, 11) is 1.71. The van der Waals surface area contributed by atoms with Gasteiger partial charge < -0.3 is 10.1 Å². The summed E-state index contributed by atoms with van der Waals surface area (Å²) in [6.45, 7) is 4.71. The molecular formula is C18H29NO. The summed E-state index contributed by atoms with van der Waals surface area (Å²) in [5, 5.41) is 3.82. The molecule has 112 valence electrons. The van der Waals surface area contributed by atoms with Crippen LogP contribution < -0.4 is 10.1 Å². The van der Waals surface area contributed by atoms with E-state index in [0.29, 0.717) is 6.04 Å². The first-order valence-electron chi connectivity index (χ1n) is 8.06. The fourth-order valence-corrected chi connectivity index (χ4v) is 3.25. The molecule has 3 atom stereocenters. The maximum atomic E-state index is 5.19. The second kappa shape index (κ2) is 7.68. The summed E-state index contributed by atoms with van der Waals surface area (Å²) in [4.78, 5) is 0. The molecule has 0 amide bonds. The second-order valence-electron chi connectivity index (χ2n) is 6.42. The van der Waals surface area contributed by atoms with E-state index in [2.05, 4.69) is 43.4 Å². The minimum Gasteiger partial charge on any atom is -0.497 e. The van der Waals surface area contributed by atoms with Gasteiger partial charge in [0, 0.05) is 12.1 Å². The molecule has 0 aromatic heterocycles. The van der Waals surface area contributed by atoms with E-state index in [0.717, 1.165) is 24.1 Å². The molecule has 0 saturated heterocycles. The highest BCUT2D eigenvalue weighted by Crippen LogP contribution is 2.24. The topological polar surface area (TPSA) is 21.3 Å². The van der Waals surface area contributed by atoms with Crippen LogP contribution in [0.2, 0.25) is 0 Å². The van der Waals surface area contributed by atoms with E-state index < -0.39 is 0 Å². The van der Waals surface area contributed by atoms with Crippen LogP contribution in [0.3, 0.4) is 0 Å². The molecule has 0 heterocycles. The van der Waals surface area contributed by atoms with Crippen LogP contribution in [-0.2, 0) is 6.42 Å². The Morgan fingerprint density at radius 3 is 2.65 bits per heavy atom. The van der Waals surface area contributed by atoms with Crippen LogP contribution in [0, 0.1) is 5.92 Å². The molecule has 1 aromatic carbocycles. The summed E-state index contributed by atoms with van der Waals surface area (Å²) >= 11 is 0. The third-order valence-electron chi connectivity index (χ3n) is 4.48. The van der Waals surface area contributed by atoms with Crippen LogP contribution in [0.5, 0.6) is 5.75 Å². The van der Waals surface area contributed by atoms with Gasteiger partial charge in [-0.3, -0.25) is 0 Å². The summed E-state index contributed by atoms with van der Waals surface area (Å²) in [6, 6.07) is 9.80. The molecule has 2 heteroatoms. The summed E-state index contributed by atoms with van der Waals surface area (Å²) in [5.74, 6) is 1.84. The molecule has 1 aliphatic rings. The Bertz CT molecular complexity index is 387. The molecule has 0 radical (unpaired) electrons. The number of nitrogens with one attached hydrogen (secondary N) is 1. The highest BCUT2D eigenvalue weighted by atomic mass is 16.5. The SMILES string of the molecule is COc1ccc(CCC(C)NC2CCCC(C)C2)cc1. The van der Waals surface area contributed by atoms with E-state index in [1.807, 2.05) is 0 Å². The lowest BCUT2D eigenvalue weighted by Gasteiger charge is -2.30. The van der Waals surface area contributed by atoms with Crippen LogP contribution in [0.15, 0.2) is 24.3 Å². The van der Waals surface area contributed by atoms with Crippen LogP contribution >= 0.6 is 0 Å². The molecule has 3 unspecified atom stereocenters. The minimum absolute atomic E-state index is 0.604. The highest BCUT2D eigenvalue weighted by Gasteiger charge is 2.19. The van der Waals surface area contributed by atoms with Gasteiger partial charge in [-0.2, -0.15) is 0 Å². The molecular weight excluding hydrogens is 246 g/mol. The molecule has 0 aliphatic heterocycles. The Morgan fingerprint density at radius 2 is 2.00 bits per heavy atom. The molecule has 1 aromatic rings. The first-order valence-corrected chi connectivity index (χ1v) is 8.06. The third-order valence-corrected chi connectivity index (χ3v) is 4.48. The Balaban J connectivity index is 1.72. The van der Waals surface area contributed by atoms with Crippen LogP contribution in [-0.4, -0.2) is 19.2 Å². The molecule has 0 bridgehead atoms. The highest BCUT2D eigenvalue weighted by molar-refractivity contribution is 5.27. The Kier molecular flexibility index (Phi) is 5.90. The fraction of sp³-hybridized carbons (Fsp3) is 0.667. The van der Waals surface area contributed by atoms with Crippen LogP contribution in [0.4, 0.5) is 0 Å². The van der Waals surface area contributed by atoms with Crippen LogP contribution in [0.1, 0.15) is 51.5 Å². The molecule has 2 nitrogen and oxygen atoms in total. The zero-order valence-electron chi connectivity index (χ0n) is 13.2. The maximum absolute atomic E-state index is 5.19. The first-order chi connectivity index (χ1) is 9.67. The van der Waals surface area contributed by atoms with Gasteiger partial charge in [0.1, 0.15) is 5.75 Å². The first kappa shape index (κ1) is 15.4. The number of ether oxygens (including phenoxy) is 1. The molecule has 2 rings (SSSR count). The average Bonchev–Trinajstić information content (AvgIpc) is 2.46. The largest absolute Gasteiger partial charge is 0.497 e. The molecule has 1 N–H and O–H groups in total. The third kappa shape index (κ3) is 4.82. The van der Waals surface area contributed by atoms with Crippen molar-refractivity contribution in [2.75, 3.05) is 7.11 Å². The average molecular weight is 275 g/mol. The smallest absolute Gasteiger partial charge is 0.118 e. The number of hydrogen-bond acceptors (Lipinski definition) is 2. The lowest BCUT2D eigenvalue weighted by atomic mass is 9.86. The number of methoxy groups -OCH3 is 1. The quantitative estimate of drug-likeness (QED) is 0.840. The predicted octanol–water partition coefficient (Wildman–Crippen LogP) is 4.18. The number of benzene rings is 1. The number of hydrogen-bond donors (Lipinski definition) is 1. The molecule has 1 saturated carbocycles. The van der Waals surface area contributed by atoms with Crippen molar-refractivity contribution in [3.05, 3.63) is 29.8 Å². The normalized spacial score (nSPS) is 24.4. The number of rotatable bonds is 6. The van der Waals surface area contributed by atoms with E-state index in [1.54, 1.807) is 7.11 Å². The van der Waals surface area contributed by atoms with Gasteiger partial charge in [-0.1, -0.05) is 31.9 Å². The standard InChI is InChI=1S/C18H29NO/c1-14-5-4-6-17(13-14)19-15(2)7-8-16-9-11-18(20-3)12-10-16/h9-12,14-15,17,19H,4-8,13H2,1-3H3. The van der Waals surface area contributed by atoms with Gasteiger partial charge in [0.25, 0.3) is 0 Å². The van der Waals surface area contributed by atoms with Gasteiger partial charge in [0.15, 0.2) is 0 Å². The molecule has 0 spiro atoms. The van der Waals surface area contributed by atoms with Crippen molar-refractivity contribution >= 4 is 0 Å². The minimum atomic E-state index is 0.604. The zero-order valence-corrected chi connectivity index (χ0v) is 13.2. The van der Waals surface area contributed by atoms with E-state index >= 15 is 0 Å². The Hall–Kier alpha value is -1.02. The van der Waals surface area contributed by atoms with Gasteiger partial charge in [0.05, 0.1) is 7.11 Å². The van der Waals surface area contributed by atoms with Crippen LogP contribution in [0.25, 0.3) is 0 Å². The van der Waals surface area contributed by atoms with Gasteiger partial charge >= 0.3 is 0 Å². The molecule has 1 aliphatic carbocycles. The predicted molar refractivity (Wildman–Crippen MR) is 85.3 cm³/mol. The van der Waals surface area contributed by atoms with Gasteiger partial charge in [-0.05, 0) is 56.2 Å². The summed E-state index contributed by atoms with van der Waals surface area (Å²) in [5.41, 5.74) is 1.40. The van der Waals surface area contributed by atoms with Crippen molar-refractivity contribution in [3.63, 3.8) is 0 Å². The number of aryl methyl sites for hydroxylation is 1. The van der Waals surface area contributed by atoms with Crippen molar-refractivity contribution in [2.24, 2.45) is 5.92 Å². The lowest BCUT2D eigenvalue weighted by molar-refractivity contribution is 0.280. The molecule has 20 heavy (non-hydrogen) atoms. The molecule has 1 fully saturated rings. The van der Waals surface area contributed by atoms with Gasteiger partial charge in [0.2, 0.25) is 0 Å². The van der Waals surface area contributed by atoms with Crippen molar-refractivity contribution < 1.29 is 4.74 Å². The summed E-state index contributed by atoms with van der Waals surface area (Å²) in [6.07, 6.45) is 7.87. The van der Waals surface area contributed by atoms with Crippen molar-refractivity contribution in [1.29, 1.82) is 0 Å². The van der Waals surface area contributed by atoms with E-state index in [4.69, 9.17) is 4.74 Å². The van der Waals surface area contributed by atoms with E-state index in [1.165, 1.54) is 37.7 Å². The Morgan fingerprint density at radius 1 is 1.25 bits per heavy atom. The van der Waals surface area contributed by atoms with Gasteiger partial charge in [-0.25, -0.2) is 0 Å².